The summed E-state index contributed by atoms with van der Waals surface area (Å²) in [4.78, 5) is 23.5. The summed E-state index contributed by atoms with van der Waals surface area (Å²) in [5.41, 5.74) is 1.65. The zero-order valence-electron chi connectivity index (χ0n) is 15.7. The first-order chi connectivity index (χ1) is 12.9. The van der Waals surface area contributed by atoms with Crippen molar-refractivity contribution in [3.8, 4) is 5.75 Å². The Labute approximate surface area is 163 Å². The Balaban J connectivity index is 1.68. The van der Waals surface area contributed by atoms with Gasteiger partial charge >= 0.3 is 0 Å². The van der Waals surface area contributed by atoms with Crippen LogP contribution in [0.15, 0.2) is 24.3 Å². The van der Waals surface area contributed by atoms with Gasteiger partial charge in [-0.2, -0.15) is 4.98 Å². The van der Waals surface area contributed by atoms with Crippen LogP contribution in [-0.2, 0) is 9.53 Å². The summed E-state index contributed by atoms with van der Waals surface area (Å²) in [6, 6.07) is 7.02. The molecule has 1 fully saturated rings. The molecule has 0 spiro atoms. The van der Waals surface area contributed by atoms with Gasteiger partial charge in [0.2, 0.25) is 5.95 Å². The minimum atomic E-state index is -0.688. The number of halogens is 1. The predicted octanol–water partition coefficient (Wildman–Crippen LogP) is 2.99. The van der Waals surface area contributed by atoms with Crippen molar-refractivity contribution < 1.29 is 14.3 Å². The number of rotatable bonds is 5. The van der Waals surface area contributed by atoms with Crippen LogP contribution in [-0.4, -0.2) is 48.3 Å². The van der Waals surface area contributed by atoms with E-state index in [-0.39, 0.29) is 5.91 Å². The lowest BCUT2D eigenvalue weighted by atomic mass is 10.2. The minimum Gasteiger partial charge on any atom is -0.481 e. The van der Waals surface area contributed by atoms with Crippen LogP contribution in [0.3, 0.4) is 0 Å². The highest BCUT2D eigenvalue weighted by molar-refractivity contribution is 6.30. The van der Waals surface area contributed by atoms with E-state index in [4.69, 9.17) is 21.1 Å². The molecule has 1 saturated heterocycles. The van der Waals surface area contributed by atoms with Crippen LogP contribution in [0.1, 0.15) is 18.2 Å². The lowest BCUT2D eigenvalue weighted by Crippen LogP contribution is -2.37. The van der Waals surface area contributed by atoms with Crippen LogP contribution in [0.25, 0.3) is 0 Å². The van der Waals surface area contributed by atoms with Crippen LogP contribution >= 0.6 is 11.6 Å². The first-order valence-electron chi connectivity index (χ1n) is 8.84. The molecule has 1 aliphatic rings. The van der Waals surface area contributed by atoms with Gasteiger partial charge in [0.05, 0.1) is 13.2 Å². The third kappa shape index (κ3) is 5.08. The summed E-state index contributed by atoms with van der Waals surface area (Å²) in [6.45, 7) is 8.19. The molecule has 1 aromatic heterocycles. The summed E-state index contributed by atoms with van der Waals surface area (Å²) in [5, 5.41) is 3.44. The Hall–Kier alpha value is -2.38. The summed E-state index contributed by atoms with van der Waals surface area (Å²) >= 11 is 5.96. The fourth-order valence-electron chi connectivity index (χ4n) is 2.74. The second-order valence-electron chi connectivity index (χ2n) is 6.45. The lowest BCUT2D eigenvalue weighted by Gasteiger charge is -2.27. The van der Waals surface area contributed by atoms with Crippen molar-refractivity contribution in [1.82, 2.24) is 9.97 Å². The van der Waals surface area contributed by atoms with Crippen LogP contribution in [0.4, 0.5) is 11.8 Å². The topological polar surface area (TPSA) is 76.6 Å². The molecule has 2 heterocycles. The maximum atomic E-state index is 12.5. The molecule has 0 saturated carbocycles. The van der Waals surface area contributed by atoms with Crippen molar-refractivity contribution in [1.29, 1.82) is 0 Å². The first-order valence-corrected chi connectivity index (χ1v) is 9.22. The van der Waals surface area contributed by atoms with E-state index < -0.39 is 6.10 Å². The van der Waals surface area contributed by atoms with Crippen LogP contribution in [0.5, 0.6) is 5.75 Å². The molecule has 0 unspecified atom stereocenters. The molecule has 2 aromatic rings. The van der Waals surface area contributed by atoms with Crippen molar-refractivity contribution in [3.63, 3.8) is 0 Å². The van der Waals surface area contributed by atoms with Gasteiger partial charge < -0.3 is 19.7 Å². The van der Waals surface area contributed by atoms with Crippen LogP contribution in [0.2, 0.25) is 5.02 Å². The summed E-state index contributed by atoms with van der Waals surface area (Å²) in [6.07, 6.45) is -0.688. The maximum Gasteiger partial charge on any atom is 0.266 e. The van der Waals surface area contributed by atoms with E-state index in [0.717, 1.165) is 24.3 Å². The highest BCUT2D eigenvalue weighted by atomic mass is 35.5. The average molecular weight is 391 g/mol. The van der Waals surface area contributed by atoms with E-state index in [0.29, 0.717) is 35.8 Å². The van der Waals surface area contributed by atoms with Crippen molar-refractivity contribution in [2.24, 2.45) is 0 Å². The predicted molar refractivity (Wildman–Crippen MR) is 105 cm³/mol. The molecule has 1 atom stereocenters. The lowest BCUT2D eigenvalue weighted by molar-refractivity contribution is -0.122. The quantitative estimate of drug-likeness (QED) is 0.845. The molecule has 1 amide bonds. The second-order valence-corrected chi connectivity index (χ2v) is 6.89. The number of hydrogen-bond donors (Lipinski definition) is 1. The number of ether oxygens (including phenoxy) is 2. The molecular formula is C19H23ClN4O3. The van der Waals surface area contributed by atoms with E-state index in [9.17, 15) is 4.79 Å². The number of nitrogens with one attached hydrogen (secondary N) is 1. The molecular weight excluding hydrogens is 368 g/mol. The van der Waals surface area contributed by atoms with E-state index >= 15 is 0 Å². The van der Waals surface area contributed by atoms with Crippen LogP contribution < -0.4 is 15.0 Å². The standard InChI is InChI=1S/C19H23ClN4O3/c1-12-10-15(20)4-5-16(12)27-14(3)18(25)22-17-11-13(2)21-19(23-17)24-6-8-26-9-7-24/h4-5,10-11,14H,6-9H2,1-3H3,(H,21,22,23,25)/t14-/m1/s1. The number of anilines is 2. The number of carbonyl (C=O) groups is 1. The largest absolute Gasteiger partial charge is 0.481 e. The number of aromatic nitrogens is 2. The van der Waals surface area contributed by atoms with E-state index in [1.165, 1.54) is 0 Å². The number of hydrogen-bond acceptors (Lipinski definition) is 6. The van der Waals surface area contributed by atoms with Gasteiger partial charge in [-0.3, -0.25) is 4.79 Å². The molecule has 1 N–H and O–H groups in total. The SMILES string of the molecule is Cc1cc(NC(=O)[C@@H](C)Oc2ccc(Cl)cc2C)nc(N2CCOCC2)n1. The zero-order valence-corrected chi connectivity index (χ0v) is 16.4. The Morgan fingerprint density at radius 1 is 1.26 bits per heavy atom. The van der Waals surface area contributed by atoms with Gasteiger partial charge in [0.1, 0.15) is 11.6 Å². The van der Waals surface area contributed by atoms with Gasteiger partial charge in [-0.05, 0) is 44.5 Å². The molecule has 0 aliphatic carbocycles. The number of carbonyl (C=O) groups excluding carboxylic acids is 1. The van der Waals surface area contributed by atoms with Crippen molar-refractivity contribution >= 4 is 29.3 Å². The highest BCUT2D eigenvalue weighted by Gasteiger charge is 2.19. The average Bonchev–Trinajstić information content (AvgIpc) is 2.64. The fraction of sp³-hybridized carbons (Fsp3) is 0.421. The van der Waals surface area contributed by atoms with Crippen LogP contribution in [0, 0.1) is 13.8 Å². The Morgan fingerprint density at radius 3 is 2.70 bits per heavy atom. The summed E-state index contributed by atoms with van der Waals surface area (Å²) in [7, 11) is 0. The molecule has 7 nitrogen and oxygen atoms in total. The van der Waals surface area contributed by atoms with E-state index in [1.54, 1.807) is 31.2 Å². The van der Waals surface area contributed by atoms with Gasteiger partial charge in [0, 0.05) is 29.9 Å². The molecule has 1 aromatic carbocycles. The Kier molecular flexibility index (Phi) is 6.13. The number of morpholine rings is 1. The van der Waals surface area contributed by atoms with Gasteiger partial charge in [-0.25, -0.2) is 4.98 Å². The third-order valence-corrected chi connectivity index (χ3v) is 4.43. The van der Waals surface area contributed by atoms with Crippen molar-refractivity contribution in [2.75, 3.05) is 36.5 Å². The molecule has 0 bridgehead atoms. The van der Waals surface area contributed by atoms with Crippen molar-refractivity contribution in [2.45, 2.75) is 26.9 Å². The fourth-order valence-corrected chi connectivity index (χ4v) is 2.97. The number of aryl methyl sites for hydroxylation is 2. The molecule has 1 aliphatic heterocycles. The summed E-state index contributed by atoms with van der Waals surface area (Å²) < 4.78 is 11.1. The normalized spacial score (nSPS) is 15.3. The Bertz CT molecular complexity index is 825. The molecule has 3 rings (SSSR count). The maximum absolute atomic E-state index is 12.5. The molecule has 8 heteroatoms. The van der Waals surface area contributed by atoms with Gasteiger partial charge in [-0.1, -0.05) is 11.6 Å². The second kappa shape index (κ2) is 8.54. The van der Waals surface area contributed by atoms with Gasteiger partial charge in [0.15, 0.2) is 6.10 Å². The number of benzene rings is 1. The number of amides is 1. The zero-order chi connectivity index (χ0) is 19.4. The third-order valence-electron chi connectivity index (χ3n) is 4.20. The number of nitrogens with zero attached hydrogens (tertiary/aromatic N) is 3. The van der Waals surface area contributed by atoms with E-state index in [2.05, 4.69) is 15.3 Å². The van der Waals surface area contributed by atoms with Gasteiger partial charge in [0.25, 0.3) is 5.91 Å². The molecule has 0 radical (unpaired) electrons. The van der Waals surface area contributed by atoms with Gasteiger partial charge in [-0.15, -0.1) is 0 Å². The Morgan fingerprint density at radius 2 is 2.00 bits per heavy atom. The molecule has 27 heavy (non-hydrogen) atoms. The minimum absolute atomic E-state index is 0.282. The first kappa shape index (κ1) is 19.4. The van der Waals surface area contributed by atoms with Crippen molar-refractivity contribution in [3.05, 3.63) is 40.5 Å². The monoisotopic (exact) mass is 390 g/mol. The van der Waals surface area contributed by atoms with E-state index in [1.807, 2.05) is 18.7 Å². The highest BCUT2D eigenvalue weighted by Crippen LogP contribution is 2.23. The smallest absolute Gasteiger partial charge is 0.266 e. The summed E-state index contributed by atoms with van der Waals surface area (Å²) in [5.74, 6) is 1.39. The molecule has 144 valence electrons.